The third-order valence-electron chi connectivity index (χ3n) is 8.91. The van der Waals surface area contributed by atoms with Gasteiger partial charge in [-0.3, -0.25) is 0 Å². The highest BCUT2D eigenvalue weighted by molar-refractivity contribution is 6.01. The smallest absolute Gasteiger partial charge is 0.0255 e. The molecule has 0 aliphatic rings. The molecule has 0 spiro atoms. The minimum atomic E-state index is 1.03. The van der Waals surface area contributed by atoms with E-state index in [1.165, 1.54) is 65.3 Å². The quantitative estimate of drug-likeness (QED) is 0.104. The van der Waals surface area contributed by atoms with E-state index in [9.17, 15) is 0 Å². The second-order valence-corrected chi connectivity index (χ2v) is 12.6. The highest BCUT2D eigenvalue weighted by Gasteiger charge is 2.03. The number of hydrogen-bond acceptors (Lipinski definition) is 0. The molecule has 0 saturated heterocycles. The molecule has 0 saturated carbocycles. The molecule has 8 aromatic carbocycles. The van der Waals surface area contributed by atoms with Crippen LogP contribution in [0, 0.1) is 37.5 Å². The zero-order chi connectivity index (χ0) is 32.5. The number of rotatable bonds is 2. The second kappa shape index (κ2) is 12.5. The maximum absolute atomic E-state index is 3.33. The number of aryl methyl sites for hydroxylation is 2. The van der Waals surface area contributed by atoms with Crippen LogP contribution in [0.15, 0.2) is 146 Å². The zero-order valence-corrected chi connectivity index (χ0v) is 27.0. The monoisotopic (exact) mass is 608 g/mol. The van der Waals surface area contributed by atoms with Crippen LogP contribution in [-0.4, -0.2) is 0 Å². The molecule has 48 heavy (non-hydrogen) atoms. The van der Waals surface area contributed by atoms with E-state index in [2.05, 4.69) is 195 Å². The summed E-state index contributed by atoms with van der Waals surface area (Å²) >= 11 is 0. The van der Waals surface area contributed by atoms with Crippen LogP contribution in [0.3, 0.4) is 0 Å². The average molecular weight is 609 g/mol. The lowest BCUT2D eigenvalue weighted by Crippen LogP contribution is -1.82. The average Bonchev–Trinajstić information content (AvgIpc) is 3.11. The molecule has 0 heteroatoms. The summed E-state index contributed by atoms with van der Waals surface area (Å²) < 4.78 is 0. The van der Waals surface area contributed by atoms with Gasteiger partial charge in [0.1, 0.15) is 0 Å². The maximum atomic E-state index is 3.33. The van der Waals surface area contributed by atoms with Crippen LogP contribution >= 0.6 is 0 Å². The van der Waals surface area contributed by atoms with E-state index in [0.29, 0.717) is 0 Å². The summed E-state index contributed by atoms with van der Waals surface area (Å²) in [4.78, 5) is 0. The molecule has 0 bridgehead atoms. The van der Waals surface area contributed by atoms with Crippen molar-refractivity contribution in [1.82, 2.24) is 0 Å². The molecule has 0 fully saturated rings. The van der Waals surface area contributed by atoms with E-state index in [1.807, 2.05) is 0 Å². The van der Waals surface area contributed by atoms with Crippen molar-refractivity contribution in [1.29, 1.82) is 0 Å². The zero-order valence-electron chi connectivity index (χ0n) is 27.0. The first-order valence-corrected chi connectivity index (χ1v) is 16.3. The van der Waals surface area contributed by atoms with Gasteiger partial charge in [-0.1, -0.05) is 108 Å². The molecule has 0 aliphatic carbocycles. The number of hydrogen-bond donors (Lipinski definition) is 0. The van der Waals surface area contributed by atoms with Crippen molar-refractivity contribution in [3.8, 4) is 23.7 Å². The lowest BCUT2D eigenvalue weighted by atomic mass is 9.99. The highest BCUT2D eigenvalue weighted by Crippen LogP contribution is 2.28. The Kier molecular flexibility index (Phi) is 7.55. The molecule has 8 aromatic rings. The van der Waals surface area contributed by atoms with Crippen LogP contribution in [0.4, 0.5) is 0 Å². The second-order valence-electron chi connectivity index (χ2n) is 12.6. The van der Waals surface area contributed by atoms with Gasteiger partial charge in [0.05, 0.1) is 0 Å². The molecule has 0 heterocycles. The summed E-state index contributed by atoms with van der Waals surface area (Å²) in [5.41, 5.74) is 8.97. The lowest BCUT2D eigenvalue weighted by Gasteiger charge is -2.06. The molecule has 0 radical (unpaired) electrons. The number of benzene rings is 8. The minimum absolute atomic E-state index is 1.03. The van der Waals surface area contributed by atoms with E-state index in [4.69, 9.17) is 0 Å². The van der Waals surface area contributed by atoms with Crippen molar-refractivity contribution >= 4 is 55.2 Å². The van der Waals surface area contributed by atoms with Gasteiger partial charge in [0.15, 0.2) is 0 Å². The van der Waals surface area contributed by atoms with Gasteiger partial charge in [-0.2, -0.15) is 0 Å². The summed E-state index contributed by atoms with van der Waals surface area (Å²) in [5.74, 6) is 13.2. The highest BCUT2D eigenvalue weighted by atomic mass is 14.1. The Morgan fingerprint density at radius 1 is 0.292 bits per heavy atom. The van der Waals surface area contributed by atoms with E-state index < -0.39 is 0 Å². The molecule has 0 amide bonds. The van der Waals surface area contributed by atoms with Gasteiger partial charge in [-0.25, -0.2) is 0 Å². The molecule has 0 aromatic heterocycles. The molecule has 8 rings (SSSR count). The van der Waals surface area contributed by atoms with Crippen LogP contribution in [-0.2, 0) is 0 Å². The van der Waals surface area contributed by atoms with Crippen molar-refractivity contribution in [2.75, 3.05) is 0 Å². The molecule has 0 atom stereocenters. The largest absolute Gasteiger partial charge is 0.0617 e. The topological polar surface area (TPSA) is 0 Å². The van der Waals surface area contributed by atoms with E-state index in [-0.39, 0.29) is 0 Å². The fourth-order valence-corrected chi connectivity index (χ4v) is 6.15. The van der Waals surface area contributed by atoms with E-state index in [1.54, 1.807) is 0 Å². The van der Waals surface area contributed by atoms with E-state index in [0.717, 1.165) is 22.3 Å². The lowest BCUT2D eigenvalue weighted by molar-refractivity contribution is 1.46. The van der Waals surface area contributed by atoms with Gasteiger partial charge < -0.3 is 0 Å². The van der Waals surface area contributed by atoms with Crippen LogP contribution in [0.25, 0.3) is 55.2 Å². The summed E-state index contributed by atoms with van der Waals surface area (Å²) in [6.45, 7) is 4.19. The summed E-state index contributed by atoms with van der Waals surface area (Å²) in [6, 6.07) is 52.1. The van der Waals surface area contributed by atoms with Gasteiger partial charge in [0.2, 0.25) is 0 Å². The molecule has 224 valence electrons. The first kappa shape index (κ1) is 29.1. The van der Waals surface area contributed by atoms with Crippen LogP contribution < -0.4 is 0 Å². The van der Waals surface area contributed by atoms with Gasteiger partial charge >= 0.3 is 0 Å². The standard InChI is InChI=1S/C48H32/c1-33-3-7-35(8-4-33)11-13-37-17-21-41-31-47-27-39(19-23-43(47)29-45(41)25-37)15-16-40-20-24-44-30-46-26-38(18-22-42(46)32-48(44)28-40)14-12-36-9-5-34(2)6-10-36/h3-10,15-32H,1-2H3. The van der Waals surface area contributed by atoms with Gasteiger partial charge in [0.25, 0.3) is 0 Å². The molecular weight excluding hydrogens is 577 g/mol. The Bertz CT molecular complexity index is 2470. The van der Waals surface area contributed by atoms with Crippen LogP contribution in [0.1, 0.15) is 44.5 Å². The third kappa shape index (κ3) is 6.34. The van der Waals surface area contributed by atoms with Crippen molar-refractivity contribution in [3.63, 3.8) is 0 Å². The summed E-state index contributed by atoms with van der Waals surface area (Å²) in [5, 5.41) is 9.77. The Hall–Kier alpha value is -6.34. The Morgan fingerprint density at radius 3 is 1.00 bits per heavy atom. The molecule has 0 unspecified atom stereocenters. The molecular formula is C48H32. The summed E-state index contributed by atoms with van der Waals surface area (Å²) in [6.07, 6.45) is 4.41. The fraction of sp³-hybridized carbons (Fsp3) is 0.0417. The van der Waals surface area contributed by atoms with Crippen molar-refractivity contribution in [2.24, 2.45) is 0 Å². The van der Waals surface area contributed by atoms with Gasteiger partial charge in [-0.15, -0.1) is 0 Å². The van der Waals surface area contributed by atoms with Gasteiger partial charge in [-0.05, 0) is 153 Å². The first-order chi connectivity index (χ1) is 23.5. The Morgan fingerprint density at radius 2 is 0.604 bits per heavy atom. The predicted octanol–water partition coefficient (Wildman–Crippen LogP) is 11.9. The molecule has 0 N–H and O–H groups in total. The van der Waals surface area contributed by atoms with Crippen LogP contribution in [0.5, 0.6) is 0 Å². The normalized spacial score (nSPS) is 11.1. The van der Waals surface area contributed by atoms with Crippen molar-refractivity contribution < 1.29 is 0 Å². The fourth-order valence-electron chi connectivity index (χ4n) is 6.15. The summed E-state index contributed by atoms with van der Waals surface area (Å²) in [7, 11) is 0. The number of fused-ring (bicyclic) bond motifs is 4. The van der Waals surface area contributed by atoms with Crippen molar-refractivity contribution in [3.05, 3.63) is 190 Å². The molecule has 0 aliphatic heterocycles. The first-order valence-electron chi connectivity index (χ1n) is 16.3. The Labute approximate surface area is 282 Å². The Balaban J connectivity index is 1.02. The van der Waals surface area contributed by atoms with Gasteiger partial charge in [0, 0.05) is 22.3 Å². The minimum Gasteiger partial charge on any atom is -0.0617 e. The maximum Gasteiger partial charge on any atom is 0.0255 e. The third-order valence-corrected chi connectivity index (χ3v) is 8.91. The van der Waals surface area contributed by atoms with Crippen LogP contribution in [0.2, 0.25) is 0 Å². The SMILES string of the molecule is Cc1ccc(C#Cc2ccc3cc4cc(C=Cc5ccc6cc7cc(C#Cc8ccc(C)cc8)ccc7cc6c5)ccc4cc3c2)cc1. The molecule has 0 nitrogen and oxygen atoms in total. The van der Waals surface area contributed by atoms with Crippen molar-refractivity contribution in [2.45, 2.75) is 13.8 Å². The van der Waals surface area contributed by atoms with E-state index >= 15 is 0 Å². The predicted molar refractivity (Wildman–Crippen MR) is 206 cm³/mol.